The van der Waals surface area contributed by atoms with Gasteiger partial charge >= 0.3 is 0 Å². The fraction of sp³-hybridized carbons (Fsp3) is 0.296. The van der Waals surface area contributed by atoms with Gasteiger partial charge in [0.1, 0.15) is 0 Å². The van der Waals surface area contributed by atoms with Crippen LogP contribution in [-0.2, 0) is 11.2 Å². The number of hydrogen-bond acceptors (Lipinski definition) is 2. The topological polar surface area (TPSA) is 32.3 Å². The third-order valence-electron chi connectivity index (χ3n) is 6.30. The van der Waals surface area contributed by atoms with Crippen molar-refractivity contribution < 1.29 is 4.79 Å². The maximum atomic E-state index is 12.4. The summed E-state index contributed by atoms with van der Waals surface area (Å²) >= 11 is 0. The molecule has 0 unspecified atom stereocenters. The number of carbonyl (C=O) groups is 1. The Bertz CT molecular complexity index is 886. The molecule has 0 spiro atoms. The molecular formula is C27H31BN2O. The molecule has 3 aromatic carbocycles. The van der Waals surface area contributed by atoms with E-state index in [1.165, 1.54) is 11.1 Å². The molecule has 0 aromatic heterocycles. The van der Waals surface area contributed by atoms with Crippen LogP contribution in [-0.4, -0.2) is 43.7 Å². The summed E-state index contributed by atoms with van der Waals surface area (Å²) in [5.74, 6) is 0.559. The molecule has 31 heavy (non-hydrogen) atoms. The smallest absolute Gasteiger partial charge is 0.224 e. The second-order valence-electron chi connectivity index (χ2n) is 8.51. The summed E-state index contributed by atoms with van der Waals surface area (Å²) in [6.07, 6.45) is 3.61. The largest absolute Gasteiger partial charge is 0.353 e. The second kappa shape index (κ2) is 11.0. The minimum Gasteiger partial charge on any atom is -0.353 e. The molecule has 0 saturated carbocycles. The first kappa shape index (κ1) is 21.4. The summed E-state index contributed by atoms with van der Waals surface area (Å²) in [5, 5.41) is 3.24. The Balaban J connectivity index is 1.26. The number of benzene rings is 3. The molecule has 1 amide bonds. The zero-order valence-electron chi connectivity index (χ0n) is 18.1. The van der Waals surface area contributed by atoms with Crippen molar-refractivity contribution in [3.63, 3.8) is 0 Å². The predicted molar refractivity (Wildman–Crippen MR) is 130 cm³/mol. The van der Waals surface area contributed by atoms with Gasteiger partial charge in [0.15, 0.2) is 7.28 Å². The van der Waals surface area contributed by atoms with Crippen molar-refractivity contribution in [2.45, 2.75) is 31.1 Å². The molecule has 4 rings (SSSR count). The van der Waals surface area contributed by atoms with Crippen LogP contribution in [0.15, 0.2) is 91.0 Å². The van der Waals surface area contributed by atoms with Crippen LogP contribution in [0.2, 0.25) is 0 Å². The third kappa shape index (κ3) is 6.32. The lowest BCUT2D eigenvalue weighted by atomic mass is 9.58. The van der Waals surface area contributed by atoms with E-state index in [1.54, 1.807) is 0 Å². The summed E-state index contributed by atoms with van der Waals surface area (Å²) < 4.78 is 0. The minimum absolute atomic E-state index is 0.137. The van der Waals surface area contributed by atoms with Crippen molar-refractivity contribution in [1.29, 1.82) is 0 Å². The summed E-state index contributed by atoms with van der Waals surface area (Å²) in [4.78, 5) is 14.9. The van der Waals surface area contributed by atoms with Crippen molar-refractivity contribution in [1.82, 2.24) is 10.2 Å². The Kier molecular flexibility index (Phi) is 7.57. The van der Waals surface area contributed by atoms with Gasteiger partial charge in [0.25, 0.3) is 0 Å². The maximum absolute atomic E-state index is 12.4. The van der Waals surface area contributed by atoms with E-state index in [4.69, 9.17) is 0 Å². The quantitative estimate of drug-likeness (QED) is 0.570. The molecule has 158 valence electrons. The van der Waals surface area contributed by atoms with Gasteiger partial charge in [-0.1, -0.05) is 91.0 Å². The average Bonchev–Trinajstić information content (AvgIpc) is 2.82. The molecule has 3 nitrogen and oxygen atoms in total. The zero-order valence-corrected chi connectivity index (χ0v) is 18.1. The molecule has 0 aliphatic carbocycles. The van der Waals surface area contributed by atoms with Crippen LogP contribution in [0.4, 0.5) is 0 Å². The van der Waals surface area contributed by atoms with E-state index in [2.05, 4.69) is 70.9 Å². The van der Waals surface area contributed by atoms with Gasteiger partial charge in [-0.15, -0.1) is 0 Å². The minimum atomic E-state index is 0.137. The summed E-state index contributed by atoms with van der Waals surface area (Å²) in [6.45, 7) is 2.10. The standard InChI is InChI=1S/C27H31BN2O/c31-26(20-22-10-4-1-5-11-22)29-25-16-18-30(19-17-25)21-28-27(23-12-6-2-7-13-23)24-14-8-3-9-15-24/h1-15,25,27-28H,16-21H2,(H,29,31). The first-order valence-electron chi connectivity index (χ1n) is 11.4. The monoisotopic (exact) mass is 410 g/mol. The van der Waals surface area contributed by atoms with Gasteiger partial charge in [0.05, 0.1) is 6.42 Å². The fourth-order valence-electron chi connectivity index (χ4n) is 4.57. The normalized spacial score (nSPS) is 15.0. The van der Waals surface area contributed by atoms with Crippen LogP contribution in [0.5, 0.6) is 0 Å². The van der Waals surface area contributed by atoms with Crippen LogP contribution in [0, 0.1) is 0 Å². The van der Waals surface area contributed by atoms with E-state index in [0.29, 0.717) is 18.3 Å². The fourth-order valence-corrected chi connectivity index (χ4v) is 4.57. The molecule has 0 atom stereocenters. The number of piperidine rings is 1. The van der Waals surface area contributed by atoms with E-state index in [0.717, 1.165) is 45.2 Å². The van der Waals surface area contributed by atoms with Crippen molar-refractivity contribution in [2.75, 3.05) is 19.5 Å². The lowest BCUT2D eigenvalue weighted by molar-refractivity contribution is -0.121. The Morgan fingerprint density at radius 2 is 1.35 bits per heavy atom. The highest BCUT2D eigenvalue weighted by Gasteiger charge is 2.23. The van der Waals surface area contributed by atoms with Crippen molar-refractivity contribution in [3.8, 4) is 0 Å². The third-order valence-corrected chi connectivity index (χ3v) is 6.30. The van der Waals surface area contributed by atoms with E-state index in [1.807, 2.05) is 30.3 Å². The van der Waals surface area contributed by atoms with E-state index >= 15 is 0 Å². The van der Waals surface area contributed by atoms with Crippen molar-refractivity contribution in [3.05, 3.63) is 108 Å². The van der Waals surface area contributed by atoms with Gasteiger partial charge in [-0.2, -0.15) is 0 Å². The number of amides is 1. The van der Waals surface area contributed by atoms with Crippen molar-refractivity contribution in [2.24, 2.45) is 0 Å². The van der Waals surface area contributed by atoms with Crippen molar-refractivity contribution >= 4 is 13.2 Å². The number of nitrogens with zero attached hydrogens (tertiary/aromatic N) is 1. The predicted octanol–water partition coefficient (Wildman–Crippen LogP) is 3.99. The zero-order chi connectivity index (χ0) is 21.3. The molecule has 4 heteroatoms. The molecular weight excluding hydrogens is 379 g/mol. The first-order valence-corrected chi connectivity index (χ1v) is 11.4. The van der Waals surface area contributed by atoms with Crippen LogP contribution in [0.25, 0.3) is 0 Å². The van der Waals surface area contributed by atoms with Crippen LogP contribution < -0.4 is 5.32 Å². The van der Waals surface area contributed by atoms with Crippen LogP contribution in [0.3, 0.4) is 0 Å². The Morgan fingerprint density at radius 3 is 1.90 bits per heavy atom. The highest BCUT2D eigenvalue weighted by Crippen LogP contribution is 2.24. The molecule has 1 aliphatic rings. The number of carbonyl (C=O) groups excluding carboxylic acids is 1. The van der Waals surface area contributed by atoms with Crippen LogP contribution in [0.1, 0.15) is 35.3 Å². The molecule has 1 N–H and O–H groups in total. The van der Waals surface area contributed by atoms with Gasteiger partial charge in [-0.25, -0.2) is 0 Å². The summed E-state index contributed by atoms with van der Waals surface area (Å²) in [5.41, 5.74) is 3.85. The maximum Gasteiger partial charge on any atom is 0.224 e. The van der Waals surface area contributed by atoms with Gasteiger partial charge < -0.3 is 10.2 Å². The number of hydrogen-bond donors (Lipinski definition) is 1. The molecule has 1 fully saturated rings. The van der Waals surface area contributed by atoms with E-state index in [9.17, 15) is 4.79 Å². The first-order chi connectivity index (χ1) is 15.3. The highest BCUT2D eigenvalue weighted by atomic mass is 16.1. The Morgan fingerprint density at radius 1 is 0.839 bits per heavy atom. The van der Waals surface area contributed by atoms with E-state index in [-0.39, 0.29) is 5.91 Å². The molecule has 1 saturated heterocycles. The lowest BCUT2D eigenvalue weighted by Crippen LogP contribution is -2.46. The molecule has 3 aromatic rings. The number of nitrogens with one attached hydrogen (secondary N) is 1. The Labute approximate surface area is 186 Å². The van der Waals surface area contributed by atoms with E-state index < -0.39 is 0 Å². The summed E-state index contributed by atoms with van der Waals surface area (Å²) in [6, 6.07) is 32.0. The van der Waals surface area contributed by atoms with Gasteiger partial charge in [-0.3, -0.25) is 4.79 Å². The van der Waals surface area contributed by atoms with Gasteiger partial charge in [0.2, 0.25) is 5.91 Å². The molecule has 1 aliphatic heterocycles. The molecule has 0 bridgehead atoms. The lowest BCUT2D eigenvalue weighted by Gasteiger charge is -2.33. The Hall–Kier alpha value is -2.85. The number of likely N-dealkylation sites (tertiary alicyclic amines) is 1. The van der Waals surface area contributed by atoms with Gasteiger partial charge in [-0.05, 0) is 54.9 Å². The average molecular weight is 410 g/mol. The summed E-state index contributed by atoms with van der Waals surface area (Å²) in [7, 11) is 1.11. The highest BCUT2D eigenvalue weighted by molar-refractivity contribution is 6.39. The molecule has 1 heterocycles. The van der Waals surface area contributed by atoms with Gasteiger partial charge in [0, 0.05) is 6.04 Å². The number of rotatable bonds is 8. The molecule has 0 radical (unpaired) electrons. The SMILES string of the molecule is O=C(Cc1ccccc1)NC1CCN(CBC(c2ccccc2)c2ccccc2)CC1. The van der Waals surface area contributed by atoms with Crippen LogP contribution >= 0.6 is 0 Å². The second-order valence-corrected chi connectivity index (χ2v) is 8.51.